The van der Waals surface area contributed by atoms with E-state index in [0.29, 0.717) is 16.1 Å². The van der Waals surface area contributed by atoms with E-state index >= 15 is 0 Å². The second-order valence-corrected chi connectivity index (χ2v) is 7.18. The Bertz CT molecular complexity index is 896. The van der Waals surface area contributed by atoms with Gasteiger partial charge in [-0.05, 0) is 43.2 Å². The standard InChI is InChI=1S/C19H18ClN3O2S/c1-12-5-3-4-6-16(12)18-22-23-19(25-18)26-11-17(24)21-13(2)14-7-9-15(20)10-8-14/h3-10,13H,11H2,1-2H3,(H,21,24)/t13-/m1/s1. The number of carbonyl (C=O) groups is 1. The first-order valence-corrected chi connectivity index (χ1v) is 9.46. The first-order valence-electron chi connectivity index (χ1n) is 8.10. The van der Waals surface area contributed by atoms with Crippen LogP contribution in [0.25, 0.3) is 11.5 Å². The van der Waals surface area contributed by atoms with Gasteiger partial charge in [0.25, 0.3) is 5.22 Å². The fourth-order valence-electron chi connectivity index (χ4n) is 2.44. The summed E-state index contributed by atoms with van der Waals surface area (Å²) in [6.45, 7) is 3.91. The molecule has 26 heavy (non-hydrogen) atoms. The van der Waals surface area contributed by atoms with Gasteiger partial charge in [0.1, 0.15) is 0 Å². The lowest BCUT2D eigenvalue weighted by atomic mass is 10.1. The van der Waals surface area contributed by atoms with Crippen LogP contribution in [0.1, 0.15) is 24.1 Å². The van der Waals surface area contributed by atoms with Crippen molar-refractivity contribution in [3.8, 4) is 11.5 Å². The minimum atomic E-state index is -0.106. The molecule has 5 nitrogen and oxygen atoms in total. The molecular weight excluding hydrogens is 370 g/mol. The molecule has 1 heterocycles. The molecule has 0 radical (unpaired) electrons. The molecule has 0 spiro atoms. The molecule has 1 aromatic heterocycles. The number of benzene rings is 2. The Morgan fingerprint density at radius 3 is 2.65 bits per heavy atom. The molecule has 0 aliphatic carbocycles. The number of aromatic nitrogens is 2. The van der Waals surface area contributed by atoms with Crippen molar-refractivity contribution in [1.82, 2.24) is 15.5 Å². The van der Waals surface area contributed by atoms with Crippen LogP contribution in [0.15, 0.2) is 58.2 Å². The molecule has 1 amide bonds. The predicted octanol–water partition coefficient (Wildman–Crippen LogP) is 4.67. The fourth-order valence-corrected chi connectivity index (χ4v) is 3.14. The Kier molecular flexibility index (Phi) is 5.96. The minimum absolute atomic E-state index is 0.104. The van der Waals surface area contributed by atoms with Crippen molar-refractivity contribution in [3.63, 3.8) is 0 Å². The number of nitrogens with zero attached hydrogens (tertiary/aromatic N) is 2. The second-order valence-electron chi connectivity index (χ2n) is 5.82. The van der Waals surface area contributed by atoms with E-state index in [2.05, 4.69) is 15.5 Å². The molecule has 1 N–H and O–H groups in total. The van der Waals surface area contributed by atoms with Gasteiger partial charge in [-0.15, -0.1) is 10.2 Å². The summed E-state index contributed by atoms with van der Waals surface area (Å²) < 4.78 is 5.65. The topological polar surface area (TPSA) is 68.0 Å². The molecule has 0 aliphatic rings. The number of rotatable bonds is 6. The van der Waals surface area contributed by atoms with Crippen LogP contribution in [0.3, 0.4) is 0 Å². The lowest BCUT2D eigenvalue weighted by molar-refractivity contribution is -0.119. The molecule has 1 atom stereocenters. The van der Waals surface area contributed by atoms with Gasteiger partial charge in [0.2, 0.25) is 11.8 Å². The highest BCUT2D eigenvalue weighted by Crippen LogP contribution is 2.25. The van der Waals surface area contributed by atoms with E-state index in [9.17, 15) is 4.79 Å². The van der Waals surface area contributed by atoms with Crippen molar-refractivity contribution in [1.29, 1.82) is 0 Å². The van der Waals surface area contributed by atoms with Gasteiger partial charge in [-0.3, -0.25) is 4.79 Å². The van der Waals surface area contributed by atoms with Crippen molar-refractivity contribution < 1.29 is 9.21 Å². The third-order valence-electron chi connectivity index (χ3n) is 3.86. The first-order chi connectivity index (χ1) is 12.5. The largest absolute Gasteiger partial charge is 0.411 e. The summed E-state index contributed by atoms with van der Waals surface area (Å²) in [5.74, 6) is 0.557. The average Bonchev–Trinajstić information content (AvgIpc) is 3.09. The summed E-state index contributed by atoms with van der Waals surface area (Å²) in [6.07, 6.45) is 0. The number of aryl methyl sites for hydroxylation is 1. The van der Waals surface area contributed by atoms with Crippen LogP contribution >= 0.6 is 23.4 Å². The summed E-state index contributed by atoms with van der Waals surface area (Å²) in [4.78, 5) is 12.2. The van der Waals surface area contributed by atoms with Crippen molar-refractivity contribution in [2.75, 3.05) is 5.75 Å². The monoisotopic (exact) mass is 387 g/mol. The maximum atomic E-state index is 12.2. The van der Waals surface area contributed by atoms with E-state index in [1.165, 1.54) is 11.8 Å². The van der Waals surface area contributed by atoms with Crippen molar-refractivity contribution >= 4 is 29.3 Å². The quantitative estimate of drug-likeness (QED) is 0.622. The Hall–Kier alpha value is -2.31. The van der Waals surface area contributed by atoms with Gasteiger partial charge < -0.3 is 9.73 Å². The van der Waals surface area contributed by atoms with Crippen LogP contribution in [0, 0.1) is 6.92 Å². The second kappa shape index (κ2) is 8.38. The van der Waals surface area contributed by atoms with E-state index in [1.54, 1.807) is 12.1 Å². The van der Waals surface area contributed by atoms with Gasteiger partial charge >= 0.3 is 0 Å². The van der Waals surface area contributed by atoms with Gasteiger partial charge in [-0.1, -0.05) is 53.7 Å². The molecule has 2 aromatic carbocycles. The van der Waals surface area contributed by atoms with Crippen molar-refractivity contribution in [3.05, 3.63) is 64.7 Å². The minimum Gasteiger partial charge on any atom is -0.411 e. The molecule has 0 saturated heterocycles. The van der Waals surface area contributed by atoms with Crippen LogP contribution in [0.5, 0.6) is 0 Å². The number of hydrogen-bond donors (Lipinski definition) is 1. The summed E-state index contributed by atoms with van der Waals surface area (Å²) in [7, 11) is 0. The molecular formula is C19H18ClN3O2S. The zero-order valence-electron chi connectivity index (χ0n) is 14.4. The molecule has 3 aromatic rings. The van der Waals surface area contributed by atoms with E-state index in [-0.39, 0.29) is 17.7 Å². The van der Waals surface area contributed by atoms with Crippen LogP contribution in [0.2, 0.25) is 5.02 Å². The van der Waals surface area contributed by atoms with E-state index in [1.807, 2.05) is 50.2 Å². The van der Waals surface area contributed by atoms with E-state index in [4.69, 9.17) is 16.0 Å². The van der Waals surface area contributed by atoms with E-state index < -0.39 is 0 Å². The van der Waals surface area contributed by atoms with Crippen molar-refractivity contribution in [2.45, 2.75) is 25.1 Å². The molecule has 3 rings (SSSR count). The molecule has 0 saturated carbocycles. The highest BCUT2D eigenvalue weighted by molar-refractivity contribution is 7.99. The lowest BCUT2D eigenvalue weighted by Crippen LogP contribution is -2.28. The Labute approximate surface area is 161 Å². The van der Waals surface area contributed by atoms with E-state index in [0.717, 1.165) is 16.7 Å². The highest BCUT2D eigenvalue weighted by atomic mass is 35.5. The SMILES string of the molecule is Cc1ccccc1-c1nnc(SCC(=O)N[C@H](C)c2ccc(Cl)cc2)o1. The van der Waals surface area contributed by atoms with Crippen LogP contribution < -0.4 is 5.32 Å². The van der Waals surface area contributed by atoms with Gasteiger partial charge in [0.05, 0.1) is 11.8 Å². The average molecular weight is 388 g/mol. The van der Waals surface area contributed by atoms with Gasteiger partial charge in [0.15, 0.2) is 0 Å². The first kappa shape index (κ1) is 18.5. The number of amides is 1. The summed E-state index contributed by atoms with van der Waals surface area (Å²) >= 11 is 7.10. The summed E-state index contributed by atoms with van der Waals surface area (Å²) in [6, 6.07) is 15.1. The van der Waals surface area contributed by atoms with Crippen LogP contribution in [-0.2, 0) is 4.79 Å². The smallest absolute Gasteiger partial charge is 0.277 e. The molecule has 0 bridgehead atoms. The van der Waals surface area contributed by atoms with Gasteiger partial charge in [0, 0.05) is 10.6 Å². The maximum Gasteiger partial charge on any atom is 0.277 e. The molecule has 134 valence electrons. The van der Waals surface area contributed by atoms with Crippen molar-refractivity contribution in [2.24, 2.45) is 0 Å². The third kappa shape index (κ3) is 4.65. The fraction of sp³-hybridized carbons (Fsp3) is 0.211. The number of nitrogens with one attached hydrogen (secondary N) is 1. The normalized spacial score (nSPS) is 12.0. The summed E-state index contributed by atoms with van der Waals surface area (Å²) in [5, 5.41) is 12.0. The molecule has 7 heteroatoms. The Morgan fingerprint density at radius 1 is 1.19 bits per heavy atom. The third-order valence-corrected chi connectivity index (χ3v) is 4.93. The Balaban J connectivity index is 1.55. The van der Waals surface area contributed by atoms with Gasteiger partial charge in [-0.2, -0.15) is 0 Å². The number of hydrogen-bond acceptors (Lipinski definition) is 5. The molecule has 0 fully saturated rings. The van der Waals surface area contributed by atoms with Crippen LogP contribution in [0.4, 0.5) is 0 Å². The zero-order valence-corrected chi connectivity index (χ0v) is 16.0. The Morgan fingerprint density at radius 2 is 1.92 bits per heavy atom. The van der Waals surface area contributed by atoms with Gasteiger partial charge in [-0.25, -0.2) is 0 Å². The van der Waals surface area contributed by atoms with Crippen LogP contribution in [-0.4, -0.2) is 21.9 Å². The lowest BCUT2D eigenvalue weighted by Gasteiger charge is -2.13. The summed E-state index contributed by atoms with van der Waals surface area (Å²) in [5.41, 5.74) is 2.95. The number of halogens is 1. The maximum absolute atomic E-state index is 12.2. The number of carbonyl (C=O) groups excluding carboxylic acids is 1. The zero-order chi connectivity index (χ0) is 18.5. The number of thioether (sulfide) groups is 1. The molecule has 0 unspecified atom stereocenters. The predicted molar refractivity (Wildman–Crippen MR) is 103 cm³/mol. The molecule has 0 aliphatic heterocycles. The highest BCUT2D eigenvalue weighted by Gasteiger charge is 2.14.